The van der Waals surface area contributed by atoms with Crippen molar-refractivity contribution in [2.75, 3.05) is 0 Å². The molecule has 114 valence electrons. The molecule has 0 spiro atoms. The highest BCUT2D eigenvalue weighted by molar-refractivity contribution is 5.87. The van der Waals surface area contributed by atoms with Gasteiger partial charge < -0.3 is 20.9 Å². The average molecular weight is 285 g/mol. The van der Waals surface area contributed by atoms with E-state index in [0.29, 0.717) is 12.0 Å². The third-order valence-electron chi connectivity index (χ3n) is 3.62. The number of carbonyl (C=O) groups is 2. The van der Waals surface area contributed by atoms with E-state index in [-0.39, 0.29) is 30.2 Å². The standard InChI is InChI=1S/C14H24N2O4/c1-4-10(5-2)20-12-7-9(14(18)19)6-11(15)13(12)16-8(3)17/h6,10-13H,4-5,7,15H2,1-3H3,(H,16,17)(H,18,19)/p+1/t11-,12+,13+/m0/s1. The summed E-state index contributed by atoms with van der Waals surface area (Å²) in [7, 11) is 0. The number of quaternary nitrogens is 1. The van der Waals surface area contributed by atoms with Gasteiger partial charge in [-0.25, -0.2) is 4.79 Å². The number of ether oxygens (including phenoxy) is 1. The van der Waals surface area contributed by atoms with Crippen LogP contribution in [0.5, 0.6) is 0 Å². The second kappa shape index (κ2) is 7.40. The van der Waals surface area contributed by atoms with E-state index in [4.69, 9.17) is 9.84 Å². The topological polar surface area (TPSA) is 103 Å². The van der Waals surface area contributed by atoms with E-state index in [0.717, 1.165) is 12.8 Å². The molecule has 6 nitrogen and oxygen atoms in total. The van der Waals surface area contributed by atoms with Crippen LogP contribution in [0.15, 0.2) is 11.6 Å². The highest BCUT2D eigenvalue weighted by Gasteiger charge is 2.37. The molecule has 0 aromatic heterocycles. The minimum Gasteiger partial charge on any atom is -0.478 e. The van der Waals surface area contributed by atoms with Crippen LogP contribution in [0, 0.1) is 0 Å². The summed E-state index contributed by atoms with van der Waals surface area (Å²) in [4.78, 5) is 22.5. The van der Waals surface area contributed by atoms with Crippen molar-refractivity contribution in [1.82, 2.24) is 5.32 Å². The Kier molecular flexibility index (Phi) is 6.16. The Labute approximate surface area is 119 Å². The summed E-state index contributed by atoms with van der Waals surface area (Å²) in [6.45, 7) is 5.50. The lowest BCUT2D eigenvalue weighted by atomic mass is 9.88. The molecule has 0 bridgehead atoms. The Morgan fingerprint density at radius 2 is 2.10 bits per heavy atom. The van der Waals surface area contributed by atoms with Crippen LogP contribution < -0.4 is 11.1 Å². The van der Waals surface area contributed by atoms with Gasteiger partial charge in [0, 0.05) is 18.9 Å². The van der Waals surface area contributed by atoms with Crippen molar-refractivity contribution in [3.63, 3.8) is 0 Å². The second-order valence-corrected chi connectivity index (χ2v) is 5.20. The molecule has 0 aliphatic heterocycles. The third-order valence-corrected chi connectivity index (χ3v) is 3.62. The van der Waals surface area contributed by atoms with Crippen molar-refractivity contribution in [3.05, 3.63) is 11.6 Å². The van der Waals surface area contributed by atoms with Gasteiger partial charge in [0.05, 0.1) is 12.2 Å². The lowest BCUT2D eigenvalue weighted by Crippen LogP contribution is -2.73. The van der Waals surface area contributed by atoms with Gasteiger partial charge in [-0.2, -0.15) is 0 Å². The van der Waals surface area contributed by atoms with Crippen LogP contribution in [0.1, 0.15) is 40.0 Å². The Morgan fingerprint density at radius 3 is 2.55 bits per heavy atom. The van der Waals surface area contributed by atoms with E-state index in [9.17, 15) is 9.59 Å². The molecule has 1 amide bonds. The van der Waals surface area contributed by atoms with Gasteiger partial charge in [0.2, 0.25) is 5.91 Å². The maximum Gasteiger partial charge on any atom is 0.331 e. The molecular formula is C14H25N2O4+. The summed E-state index contributed by atoms with van der Waals surface area (Å²) in [5, 5.41) is 12.0. The molecule has 1 aliphatic rings. The van der Waals surface area contributed by atoms with Crippen LogP contribution in [0.25, 0.3) is 0 Å². The number of aliphatic carboxylic acids is 1. The fraction of sp³-hybridized carbons (Fsp3) is 0.714. The van der Waals surface area contributed by atoms with Gasteiger partial charge in [-0.3, -0.25) is 4.79 Å². The molecule has 0 saturated carbocycles. The molecule has 1 rings (SSSR count). The summed E-state index contributed by atoms with van der Waals surface area (Å²) in [5.74, 6) is -1.10. The zero-order chi connectivity index (χ0) is 15.3. The highest BCUT2D eigenvalue weighted by Crippen LogP contribution is 2.23. The summed E-state index contributed by atoms with van der Waals surface area (Å²) < 4.78 is 6.00. The fourth-order valence-corrected chi connectivity index (χ4v) is 2.50. The first-order valence-corrected chi connectivity index (χ1v) is 7.08. The molecule has 6 heteroatoms. The van der Waals surface area contributed by atoms with Gasteiger partial charge in [-0.15, -0.1) is 0 Å². The first kappa shape index (κ1) is 16.7. The molecule has 0 fully saturated rings. The van der Waals surface area contributed by atoms with E-state index >= 15 is 0 Å². The number of hydrogen-bond donors (Lipinski definition) is 3. The number of nitrogens with one attached hydrogen (secondary N) is 1. The number of carboxylic acids is 1. The normalized spacial score (nSPS) is 26.2. The van der Waals surface area contributed by atoms with Crippen LogP contribution in [-0.2, 0) is 14.3 Å². The smallest absolute Gasteiger partial charge is 0.331 e. The predicted molar refractivity (Wildman–Crippen MR) is 73.9 cm³/mol. The minimum absolute atomic E-state index is 0.0663. The summed E-state index contributed by atoms with van der Waals surface area (Å²) in [5.41, 5.74) is 4.25. The number of rotatable bonds is 6. The van der Waals surface area contributed by atoms with Crippen LogP contribution in [0.4, 0.5) is 0 Å². The number of amides is 1. The van der Waals surface area contributed by atoms with Gasteiger partial charge in [0.1, 0.15) is 12.1 Å². The molecular weight excluding hydrogens is 260 g/mol. The highest BCUT2D eigenvalue weighted by atomic mass is 16.5. The zero-order valence-electron chi connectivity index (χ0n) is 12.4. The van der Waals surface area contributed by atoms with Gasteiger partial charge >= 0.3 is 5.97 Å². The molecule has 0 aromatic rings. The number of carbonyl (C=O) groups excluding carboxylic acids is 1. The Balaban J connectivity index is 2.92. The summed E-state index contributed by atoms with van der Waals surface area (Å²) in [6, 6.07) is -0.589. The first-order valence-electron chi connectivity index (χ1n) is 7.08. The maximum atomic E-state index is 11.3. The van der Waals surface area contributed by atoms with Crippen molar-refractivity contribution < 1.29 is 25.2 Å². The zero-order valence-corrected chi connectivity index (χ0v) is 12.4. The van der Waals surface area contributed by atoms with Crippen molar-refractivity contribution >= 4 is 11.9 Å². The largest absolute Gasteiger partial charge is 0.478 e. The Hall–Kier alpha value is -1.40. The molecule has 3 atom stereocenters. The quantitative estimate of drug-likeness (QED) is 0.643. The van der Waals surface area contributed by atoms with Crippen LogP contribution in [0.2, 0.25) is 0 Å². The molecule has 0 aromatic carbocycles. The minimum atomic E-state index is -0.946. The van der Waals surface area contributed by atoms with Crippen molar-refractivity contribution in [3.8, 4) is 0 Å². The van der Waals surface area contributed by atoms with Crippen molar-refractivity contribution in [1.29, 1.82) is 0 Å². The first-order chi connectivity index (χ1) is 9.38. The van der Waals surface area contributed by atoms with Gasteiger partial charge in [0.15, 0.2) is 0 Å². The summed E-state index contributed by atoms with van der Waals surface area (Å²) >= 11 is 0. The number of carboxylic acid groups (broad SMARTS) is 1. The Morgan fingerprint density at radius 1 is 1.50 bits per heavy atom. The molecule has 0 radical (unpaired) electrons. The molecule has 5 N–H and O–H groups in total. The van der Waals surface area contributed by atoms with E-state index in [1.54, 1.807) is 6.08 Å². The summed E-state index contributed by atoms with van der Waals surface area (Å²) in [6.07, 6.45) is 3.33. The monoisotopic (exact) mass is 285 g/mol. The Bertz CT molecular complexity index is 391. The molecule has 20 heavy (non-hydrogen) atoms. The van der Waals surface area contributed by atoms with Gasteiger partial charge in [-0.1, -0.05) is 13.8 Å². The molecule has 0 heterocycles. The third kappa shape index (κ3) is 4.31. The van der Waals surface area contributed by atoms with Gasteiger partial charge in [-0.05, 0) is 18.9 Å². The SMILES string of the molecule is CCC(CC)O[C@@H]1CC(C(=O)O)=C[C@H]([NH3+])[C@H]1NC(C)=O. The lowest BCUT2D eigenvalue weighted by Gasteiger charge is -2.35. The van der Waals surface area contributed by atoms with E-state index in [1.807, 2.05) is 13.8 Å². The van der Waals surface area contributed by atoms with E-state index < -0.39 is 5.97 Å². The predicted octanol–water partition coefficient (Wildman–Crippen LogP) is 0.0901. The average Bonchev–Trinajstić information content (AvgIpc) is 2.38. The molecule has 0 unspecified atom stereocenters. The van der Waals surface area contributed by atoms with E-state index in [1.165, 1.54) is 6.92 Å². The van der Waals surface area contributed by atoms with E-state index in [2.05, 4.69) is 11.1 Å². The second-order valence-electron chi connectivity index (χ2n) is 5.20. The lowest BCUT2D eigenvalue weighted by molar-refractivity contribution is -0.414. The van der Waals surface area contributed by atoms with Crippen LogP contribution in [0.3, 0.4) is 0 Å². The van der Waals surface area contributed by atoms with Crippen LogP contribution in [-0.4, -0.2) is 41.3 Å². The molecule has 1 aliphatic carbocycles. The maximum absolute atomic E-state index is 11.3. The fourth-order valence-electron chi connectivity index (χ4n) is 2.50. The molecule has 0 saturated heterocycles. The van der Waals surface area contributed by atoms with Crippen LogP contribution >= 0.6 is 0 Å². The van der Waals surface area contributed by atoms with Crippen molar-refractivity contribution in [2.24, 2.45) is 0 Å². The van der Waals surface area contributed by atoms with Gasteiger partial charge in [0.25, 0.3) is 0 Å². The number of hydrogen-bond acceptors (Lipinski definition) is 3. The van der Waals surface area contributed by atoms with Crippen molar-refractivity contribution in [2.45, 2.75) is 64.3 Å².